The molecule has 18 heavy (non-hydrogen) atoms. The molecule has 4 heteroatoms. The fourth-order valence-corrected chi connectivity index (χ4v) is 3.42. The number of thioether (sulfide) groups is 1. The van der Waals surface area contributed by atoms with Gasteiger partial charge in [-0.25, -0.2) is 0 Å². The van der Waals surface area contributed by atoms with Crippen molar-refractivity contribution in [2.45, 2.75) is 25.4 Å². The number of ether oxygens (including phenoxy) is 2. The second-order valence-electron chi connectivity index (χ2n) is 4.59. The van der Waals surface area contributed by atoms with Crippen LogP contribution in [-0.2, 0) is 0 Å². The summed E-state index contributed by atoms with van der Waals surface area (Å²) in [5, 5.41) is 3.67. The van der Waals surface area contributed by atoms with Crippen LogP contribution in [0.3, 0.4) is 0 Å². The highest BCUT2D eigenvalue weighted by Gasteiger charge is 2.21. The molecule has 1 saturated heterocycles. The maximum atomic E-state index is 5.49. The molecule has 2 rings (SSSR count). The Bertz CT molecular complexity index is 397. The Morgan fingerprint density at radius 3 is 2.83 bits per heavy atom. The lowest BCUT2D eigenvalue weighted by atomic mass is 10.1. The normalized spacial score (nSPS) is 24.4. The first-order chi connectivity index (χ1) is 8.74. The van der Waals surface area contributed by atoms with Gasteiger partial charge in [0.25, 0.3) is 0 Å². The van der Waals surface area contributed by atoms with E-state index in [4.69, 9.17) is 9.47 Å². The molecule has 1 aromatic rings. The highest BCUT2D eigenvalue weighted by Crippen LogP contribution is 2.32. The van der Waals surface area contributed by atoms with Gasteiger partial charge in [0, 0.05) is 29.5 Å². The van der Waals surface area contributed by atoms with E-state index in [2.05, 4.69) is 18.3 Å². The second-order valence-corrected chi connectivity index (χ2v) is 5.74. The summed E-state index contributed by atoms with van der Waals surface area (Å²) in [5.74, 6) is 4.06. The Hall–Kier alpha value is -0.870. The molecule has 2 atom stereocenters. The minimum atomic E-state index is 0.355. The molecule has 3 nitrogen and oxygen atoms in total. The number of nitrogens with one attached hydrogen (secondary N) is 1. The SMILES string of the molecule is COc1ccc(C2CSCCC(C)N2)c(OC)c1. The van der Waals surface area contributed by atoms with E-state index in [1.54, 1.807) is 14.2 Å². The first-order valence-corrected chi connectivity index (χ1v) is 7.45. The summed E-state index contributed by atoms with van der Waals surface area (Å²) in [4.78, 5) is 0. The lowest BCUT2D eigenvalue weighted by molar-refractivity contribution is 0.383. The molecule has 0 aromatic heterocycles. The third-order valence-corrected chi connectivity index (χ3v) is 4.37. The number of hydrogen-bond donors (Lipinski definition) is 1. The summed E-state index contributed by atoms with van der Waals surface area (Å²) in [6, 6.07) is 6.97. The fraction of sp³-hybridized carbons (Fsp3) is 0.571. The largest absolute Gasteiger partial charge is 0.497 e. The van der Waals surface area contributed by atoms with Crippen LogP contribution in [0.25, 0.3) is 0 Å². The summed E-state index contributed by atoms with van der Waals surface area (Å²) in [6.07, 6.45) is 1.22. The molecule has 0 saturated carbocycles. The van der Waals surface area contributed by atoms with Crippen molar-refractivity contribution in [3.63, 3.8) is 0 Å². The molecule has 0 amide bonds. The van der Waals surface area contributed by atoms with E-state index in [1.807, 2.05) is 23.9 Å². The molecule has 2 unspecified atom stereocenters. The Kier molecular flexibility index (Phi) is 4.78. The van der Waals surface area contributed by atoms with Crippen molar-refractivity contribution in [1.82, 2.24) is 5.32 Å². The molecule has 1 fully saturated rings. The number of hydrogen-bond acceptors (Lipinski definition) is 4. The van der Waals surface area contributed by atoms with Gasteiger partial charge in [0.15, 0.2) is 0 Å². The van der Waals surface area contributed by atoms with Gasteiger partial charge in [-0.2, -0.15) is 11.8 Å². The summed E-state index contributed by atoms with van der Waals surface area (Å²) in [6.45, 7) is 2.24. The molecule has 0 bridgehead atoms. The summed E-state index contributed by atoms with van der Waals surface area (Å²) in [7, 11) is 3.39. The van der Waals surface area contributed by atoms with Crippen molar-refractivity contribution >= 4 is 11.8 Å². The van der Waals surface area contributed by atoms with Crippen LogP contribution in [0, 0.1) is 0 Å². The number of rotatable bonds is 3. The molecular weight excluding hydrogens is 246 g/mol. The summed E-state index contributed by atoms with van der Waals surface area (Å²) >= 11 is 2.00. The van der Waals surface area contributed by atoms with Gasteiger partial charge in [-0.3, -0.25) is 0 Å². The third-order valence-electron chi connectivity index (χ3n) is 3.28. The summed E-state index contributed by atoms with van der Waals surface area (Å²) in [5.41, 5.74) is 1.22. The molecular formula is C14H21NO2S. The molecule has 1 N–H and O–H groups in total. The molecule has 1 aliphatic rings. The molecule has 0 spiro atoms. The van der Waals surface area contributed by atoms with Crippen molar-refractivity contribution in [3.05, 3.63) is 23.8 Å². The van der Waals surface area contributed by atoms with E-state index in [-0.39, 0.29) is 0 Å². The Labute approximate surface area is 113 Å². The predicted octanol–water partition coefficient (Wildman–Crippen LogP) is 2.86. The Morgan fingerprint density at radius 1 is 1.28 bits per heavy atom. The highest BCUT2D eigenvalue weighted by molar-refractivity contribution is 7.99. The van der Waals surface area contributed by atoms with Crippen molar-refractivity contribution in [2.75, 3.05) is 25.7 Å². The number of benzene rings is 1. The van der Waals surface area contributed by atoms with Crippen LogP contribution in [0.2, 0.25) is 0 Å². The second kappa shape index (κ2) is 6.34. The summed E-state index contributed by atoms with van der Waals surface area (Å²) < 4.78 is 10.7. The van der Waals surface area contributed by atoms with E-state index in [9.17, 15) is 0 Å². The van der Waals surface area contributed by atoms with E-state index < -0.39 is 0 Å². The topological polar surface area (TPSA) is 30.5 Å². The van der Waals surface area contributed by atoms with Gasteiger partial charge >= 0.3 is 0 Å². The van der Waals surface area contributed by atoms with Gasteiger partial charge in [-0.05, 0) is 25.2 Å². The minimum Gasteiger partial charge on any atom is -0.497 e. The van der Waals surface area contributed by atoms with E-state index in [0.717, 1.165) is 17.3 Å². The molecule has 1 aromatic carbocycles. The average molecular weight is 267 g/mol. The minimum absolute atomic E-state index is 0.355. The molecule has 0 radical (unpaired) electrons. The van der Waals surface area contributed by atoms with Crippen molar-refractivity contribution < 1.29 is 9.47 Å². The zero-order chi connectivity index (χ0) is 13.0. The van der Waals surface area contributed by atoms with Crippen LogP contribution in [0.15, 0.2) is 18.2 Å². The van der Waals surface area contributed by atoms with Gasteiger partial charge in [0.1, 0.15) is 11.5 Å². The Morgan fingerprint density at radius 2 is 2.11 bits per heavy atom. The van der Waals surface area contributed by atoms with Gasteiger partial charge < -0.3 is 14.8 Å². The zero-order valence-corrected chi connectivity index (χ0v) is 12.0. The van der Waals surface area contributed by atoms with Crippen LogP contribution in [0.5, 0.6) is 11.5 Å². The van der Waals surface area contributed by atoms with E-state index >= 15 is 0 Å². The lowest BCUT2D eigenvalue weighted by Gasteiger charge is -2.22. The van der Waals surface area contributed by atoms with Gasteiger partial charge in [0.05, 0.1) is 14.2 Å². The quantitative estimate of drug-likeness (QED) is 0.912. The monoisotopic (exact) mass is 267 g/mol. The lowest BCUT2D eigenvalue weighted by Crippen LogP contribution is -2.30. The van der Waals surface area contributed by atoms with Crippen molar-refractivity contribution in [2.24, 2.45) is 0 Å². The van der Waals surface area contributed by atoms with E-state index in [1.165, 1.54) is 17.7 Å². The van der Waals surface area contributed by atoms with Crippen molar-refractivity contribution in [3.8, 4) is 11.5 Å². The van der Waals surface area contributed by atoms with Crippen LogP contribution >= 0.6 is 11.8 Å². The fourth-order valence-electron chi connectivity index (χ4n) is 2.22. The Balaban J connectivity index is 2.25. The zero-order valence-electron chi connectivity index (χ0n) is 11.2. The highest BCUT2D eigenvalue weighted by atomic mass is 32.2. The van der Waals surface area contributed by atoms with E-state index in [0.29, 0.717) is 12.1 Å². The van der Waals surface area contributed by atoms with Crippen molar-refractivity contribution in [1.29, 1.82) is 0 Å². The smallest absolute Gasteiger partial charge is 0.127 e. The standard InChI is InChI=1S/C14H21NO2S/c1-10-6-7-18-9-13(15-10)12-5-4-11(16-2)8-14(12)17-3/h4-5,8,10,13,15H,6-7,9H2,1-3H3. The van der Waals surface area contributed by atoms with Crippen LogP contribution in [0.1, 0.15) is 24.9 Å². The van der Waals surface area contributed by atoms with Gasteiger partial charge in [0.2, 0.25) is 0 Å². The first-order valence-electron chi connectivity index (χ1n) is 6.30. The maximum absolute atomic E-state index is 5.49. The van der Waals surface area contributed by atoms with Gasteiger partial charge in [-0.15, -0.1) is 0 Å². The number of methoxy groups -OCH3 is 2. The molecule has 0 aliphatic carbocycles. The predicted molar refractivity (Wildman–Crippen MR) is 76.8 cm³/mol. The van der Waals surface area contributed by atoms with Gasteiger partial charge in [-0.1, -0.05) is 6.07 Å². The first kappa shape index (κ1) is 13.6. The van der Waals surface area contributed by atoms with Crippen LogP contribution < -0.4 is 14.8 Å². The third kappa shape index (κ3) is 3.12. The average Bonchev–Trinajstić information content (AvgIpc) is 2.62. The maximum Gasteiger partial charge on any atom is 0.127 e. The molecule has 1 aliphatic heterocycles. The van der Waals surface area contributed by atoms with Crippen LogP contribution in [0.4, 0.5) is 0 Å². The molecule has 100 valence electrons. The van der Waals surface area contributed by atoms with Crippen LogP contribution in [-0.4, -0.2) is 31.8 Å². The molecule has 1 heterocycles.